The van der Waals surface area contributed by atoms with Crippen LogP contribution in [-0.4, -0.2) is 22.2 Å². The van der Waals surface area contributed by atoms with Crippen molar-refractivity contribution >= 4 is 22.9 Å². The van der Waals surface area contributed by atoms with Gasteiger partial charge in [0, 0.05) is 17.6 Å². The lowest BCUT2D eigenvalue weighted by atomic mass is 9.87. The summed E-state index contributed by atoms with van der Waals surface area (Å²) in [5, 5.41) is 9.19. The number of carbonyl (C=O) groups excluding carboxylic acids is 1. The Hall–Kier alpha value is -1.82. The van der Waals surface area contributed by atoms with Crippen molar-refractivity contribution in [2.75, 3.05) is 12.3 Å². The van der Waals surface area contributed by atoms with Crippen LogP contribution in [0.15, 0.2) is 23.8 Å². The molecule has 0 aromatic carbocycles. The number of anilines is 1. The summed E-state index contributed by atoms with van der Waals surface area (Å²) < 4.78 is 1.74. The average Bonchev–Trinajstić information content (AvgIpc) is 3.06. The van der Waals surface area contributed by atoms with Gasteiger partial charge in [-0.25, -0.2) is 0 Å². The van der Waals surface area contributed by atoms with Crippen molar-refractivity contribution in [1.82, 2.24) is 15.1 Å². The Kier molecular flexibility index (Phi) is 3.73. The summed E-state index contributed by atoms with van der Waals surface area (Å²) >= 11 is 1.76. The van der Waals surface area contributed by atoms with Gasteiger partial charge in [0.2, 0.25) is 5.91 Å². The van der Waals surface area contributed by atoms with E-state index in [9.17, 15) is 4.79 Å². The second-order valence-electron chi connectivity index (χ2n) is 5.07. The van der Waals surface area contributed by atoms with Gasteiger partial charge >= 0.3 is 0 Å². The van der Waals surface area contributed by atoms with E-state index in [2.05, 4.69) is 21.9 Å². The number of aryl methyl sites for hydroxylation is 1. The van der Waals surface area contributed by atoms with Gasteiger partial charge in [-0.15, -0.1) is 11.3 Å². The van der Waals surface area contributed by atoms with Crippen LogP contribution in [0.25, 0.3) is 0 Å². The predicted octanol–water partition coefficient (Wildman–Crippen LogP) is 1.76. The first kappa shape index (κ1) is 13.2. The van der Waals surface area contributed by atoms with E-state index in [1.54, 1.807) is 28.4 Å². The van der Waals surface area contributed by atoms with Crippen LogP contribution in [0.4, 0.5) is 5.69 Å². The number of aromatic nitrogens is 2. The topological polar surface area (TPSA) is 72.9 Å². The molecular weight excluding hydrogens is 272 g/mol. The van der Waals surface area contributed by atoms with Crippen molar-refractivity contribution in [2.24, 2.45) is 0 Å². The van der Waals surface area contributed by atoms with E-state index in [0.29, 0.717) is 18.8 Å². The molecule has 0 radical (unpaired) electrons. The highest BCUT2D eigenvalue weighted by Crippen LogP contribution is 2.34. The number of hydrogen-bond acceptors (Lipinski definition) is 4. The van der Waals surface area contributed by atoms with Crippen LogP contribution < -0.4 is 11.1 Å². The molecule has 2 aromatic heterocycles. The first-order valence-electron chi connectivity index (χ1n) is 6.86. The highest BCUT2D eigenvalue weighted by molar-refractivity contribution is 7.10. The molecule has 3 rings (SSSR count). The molecule has 1 aliphatic rings. The summed E-state index contributed by atoms with van der Waals surface area (Å²) in [6.07, 6.45) is 6.54. The number of nitrogens with one attached hydrogen (secondary N) is 1. The SMILES string of the molecule is Nc1cnn(CCNC(=O)C2CCCc3sccc32)c1. The van der Waals surface area contributed by atoms with Crippen molar-refractivity contribution in [3.8, 4) is 0 Å². The van der Waals surface area contributed by atoms with Crippen LogP contribution in [0.1, 0.15) is 29.2 Å². The van der Waals surface area contributed by atoms with Gasteiger partial charge in [0.15, 0.2) is 0 Å². The summed E-state index contributed by atoms with van der Waals surface area (Å²) in [6, 6.07) is 2.09. The molecule has 1 amide bonds. The third-order valence-corrected chi connectivity index (χ3v) is 4.66. The molecule has 5 nitrogen and oxygen atoms in total. The molecular formula is C14H18N4OS. The van der Waals surface area contributed by atoms with Crippen molar-refractivity contribution in [1.29, 1.82) is 0 Å². The monoisotopic (exact) mass is 290 g/mol. The van der Waals surface area contributed by atoms with Gasteiger partial charge in [-0.1, -0.05) is 0 Å². The van der Waals surface area contributed by atoms with Gasteiger partial charge in [0.05, 0.1) is 24.3 Å². The highest BCUT2D eigenvalue weighted by Gasteiger charge is 2.26. The number of nitrogens with zero attached hydrogens (tertiary/aromatic N) is 2. The number of hydrogen-bond donors (Lipinski definition) is 2. The molecule has 106 valence electrons. The Morgan fingerprint density at radius 1 is 1.60 bits per heavy atom. The molecule has 0 saturated carbocycles. The first-order valence-corrected chi connectivity index (χ1v) is 7.74. The van der Waals surface area contributed by atoms with E-state index in [1.165, 1.54) is 10.4 Å². The number of fused-ring (bicyclic) bond motifs is 1. The van der Waals surface area contributed by atoms with E-state index in [0.717, 1.165) is 19.3 Å². The number of rotatable bonds is 4. The Morgan fingerprint density at radius 3 is 3.30 bits per heavy atom. The molecule has 0 bridgehead atoms. The smallest absolute Gasteiger partial charge is 0.227 e. The number of nitrogen functional groups attached to an aromatic ring is 1. The maximum Gasteiger partial charge on any atom is 0.227 e. The Morgan fingerprint density at radius 2 is 2.50 bits per heavy atom. The van der Waals surface area contributed by atoms with E-state index in [1.807, 2.05) is 0 Å². The second kappa shape index (κ2) is 5.66. The van der Waals surface area contributed by atoms with Gasteiger partial charge in [-0.3, -0.25) is 9.48 Å². The maximum absolute atomic E-state index is 12.3. The van der Waals surface area contributed by atoms with E-state index >= 15 is 0 Å². The summed E-state index contributed by atoms with van der Waals surface area (Å²) in [6.45, 7) is 1.22. The summed E-state index contributed by atoms with van der Waals surface area (Å²) in [5.41, 5.74) is 7.47. The molecule has 1 unspecified atom stereocenters. The zero-order chi connectivity index (χ0) is 13.9. The first-order chi connectivity index (χ1) is 9.74. The normalized spacial score (nSPS) is 17.7. The lowest BCUT2D eigenvalue weighted by Gasteiger charge is -2.21. The predicted molar refractivity (Wildman–Crippen MR) is 79.6 cm³/mol. The molecule has 3 N–H and O–H groups in total. The van der Waals surface area contributed by atoms with Crippen molar-refractivity contribution in [3.63, 3.8) is 0 Å². The van der Waals surface area contributed by atoms with E-state index in [-0.39, 0.29) is 11.8 Å². The zero-order valence-corrected chi connectivity index (χ0v) is 12.0. The van der Waals surface area contributed by atoms with Crippen molar-refractivity contribution in [3.05, 3.63) is 34.3 Å². The fourth-order valence-electron chi connectivity index (χ4n) is 2.68. The molecule has 2 heterocycles. The number of amides is 1. The minimum absolute atomic E-state index is 0.0210. The molecule has 0 aliphatic heterocycles. The van der Waals surface area contributed by atoms with Gasteiger partial charge in [0.1, 0.15) is 0 Å². The largest absolute Gasteiger partial charge is 0.396 e. The molecule has 0 fully saturated rings. The molecule has 2 aromatic rings. The third-order valence-electron chi connectivity index (χ3n) is 3.66. The summed E-state index contributed by atoms with van der Waals surface area (Å²) in [5.74, 6) is 0.150. The number of carbonyl (C=O) groups is 1. The van der Waals surface area contributed by atoms with Gasteiger partial charge in [0.25, 0.3) is 0 Å². The lowest BCUT2D eigenvalue weighted by molar-refractivity contribution is -0.122. The standard InChI is InChI=1S/C14H18N4OS/c15-10-8-17-18(9-10)6-5-16-14(19)12-2-1-3-13-11(12)4-7-20-13/h4,7-9,12H,1-3,5-6,15H2,(H,16,19). The average molecular weight is 290 g/mol. The van der Waals surface area contributed by atoms with Crippen molar-refractivity contribution < 1.29 is 4.79 Å². The molecule has 1 aliphatic carbocycles. The molecule has 1 atom stereocenters. The third kappa shape index (κ3) is 2.70. The molecule has 0 saturated heterocycles. The Balaban J connectivity index is 1.55. The van der Waals surface area contributed by atoms with Crippen LogP contribution in [0.2, 0.25) is 0 Å². The van der Waals surface area contributed by atoms with E-state index in [4.69, 9.17) is 5.73 Å². The molecule has 0 spiro atoms. The summed E-state index contributed by atoms with van der Waals surface area (Å²) in [4.78, 5) is 13.7. The lowest BCUT2D eigenvalue weighted by Crippen LogP contribution is -2.33. The van der Waals surface area contributed by atoms with Crippen LogP contribution in [-0.2, 0) is 17.8 Å². The van der Waals surface area contributed by atoms with Crippen LogP contribution >= 0.6 is 11.3 Å². The summed E-state index contributed by atoms with van der Waals surface area (Å²) in [7, 11) is 0. The molecule has 20 heavy (non-hydrogen) atoms. The fourth-order valence-corrected chi connectivity index (χ4v) is 3.66. The zero-order valence-electron chi connectivity index (χ0n) is 11.2. The van der Waals surface area contributed by atoms with Crippen LogP contribution in [0, 0.1) is 0 Å². The Labute approximate surface area is 121 Å². The quantitative estimate of drug-likeness (QED) is 0.901. The number of nitrogens with two attached hydrogens (primary N) is 1. The van der Waals surface area contributed by atoms with Gasteiger partial charge < -0.3 is 11.1 Å². The highest BCUT2D eigenvalue weighted by atomic mass is 32.1. The Bertz CT molecular complexity index is 604. The second-order valence-corrected chi connectivity index (χ2v) is 6.07. The van der Waals surface area contributed by atoms with Crippen LogP contribution in [0.5, 0.6) is 0 Å². The molecule has 6 heteroatoms. The maximum atomic E-state index is 12.3. The number of thiophene rings is 1. The van der Waals surface area contributed by atoms with Crippen molar-refractivity contribution in [2.45, 2.75) is 31.7 Å². The van der Waals surface area contributed by atoms with Crippen LogP contribution in [0.3, 0.4) is 0 Å². The minimum Gasteiger partial charge on any atom is -0.396 e. The van der Waals surface area contributed by atoms with E-state index < -0.39 is 0 Å². The minimum atomic E-state index is 0.0210. The fraction of sp³-hybridized carbons (Fsp3) is 0.429. The van der Waals surface area contributed by atoms with Gasteiger partial charge in [-0.05, 0) is 36.3 Å². The van der Waals surface area contributed by atoms with Gasteiger partial charge in [-0.2, -0.15) is 5.10 Å².